The number of amides is 1. The zero-order valence-electron chi connectivity index (χ0n) is 15.2. The van der Waals surface area contributed by atoms with Crippen molar-refractivity contribution in [2.75, 3.05) is 32.1 Å². The molecule has 0 bridgehead atoms. The molecule has 0 spiro atoms. The molecular weight excluding hydrogens is 356 g/mol. The van der Waals surface area contributed by atoms with Crippen molar-refractivity contribution in [1.82, 2.24) is 10.2 Å². The van der Waals surface area contributed by atoms with Crippen molar-refractivity contribution in [3.63, 3.8) is 0 Å². The van der Waals surface area contributed by atoms with Gasteiger partial charge in [0.2, 0.25) is 5.91 Å². The highest BCUT2D eigenvalue weighted by atomic mass is 32.2. The summed E-state index contributed by atoms with van der Waals surface area (Å²) in [5.74, 6) is 0.669. The van der Waals surface area contributed by atoms with Crippen molar-refractivity contribution >= 4 is 15.7 Å². The van der Waals surface area contributed by atoms with Crippen molar-refractivity contribution in [2.24, 2.45) is 0 Å². The number of nitrogens with one attached hydrogen (secondary N) is 1. The van der Waals surface area contributed by atoms with E-state index in [9.17, 15) is 13.2 Å². The summed E-state index contributed by atoms with van der Waals surface area (Å²) >= 11 is 0. The van der Waals surface area contributed by atoms with E-state index in [0.717, 1.165) is 6.42 Å². The van der Waals surface area contributed by atoms with Gasteiger partial charge < -0.3 is 19.7 Å². The largest absolute Gasteiger partial charge is 0.490 e. The van der Waals surface area contributed by atoms with Crippen LogP contribution < -0.4 is 14.8 Å². The number of carbonyl (C=O) groups excluding carboxylic acids is 1. The summed E-state index contributed by atoms with van der Waals surface area (Å²) in [7, 11) is -3.57. The molecule has 1 aromatic rings. The molecule has 144 valence electrons. The Balaban J connectivity index is 1.65. The number of benzene rings is 1. The Labute approximate surface area is 154 Å². The van der Waals surface area contributed by atoms with E-state index in [1.165, 1.54) is 12.1 Å². The maximum Gasteiger partial charge on any atom is 0.223 e. The van der Waals surface area contributed by atoms with Gasteiger partial charge in [-0.3, -0.25) is 4.79 Å². The van der Waals surface area contributed by atoms with Crippen LogP contribution in [0.1, 0.15) is 26.7 Å². The quantitative estimate of drug-likeness (QED) is 0.843. The molecule has 8 heteroatoms. The highest BCUT2D eigenvalue weighted by molar-refractivity contribution is 7.91. The van der Waals surface area contributed by atoms with Gasteiger partial charge in [0.1, 0.15) is 0 Å². The van der Waals surface area contributed by atoms with Gasteiger partial charge in [-0.2, -0.15) is 0 Å². The summed E-state index contributed by atoms with van der Waals surface area (Å²) in [5.41, 5.74) is 0. The number of rotatable bonds is 4. The number of piperazine rings is 1. The van der Waals surface area contributed by atoms with Gasteiger partial charge in [0.05, 0.1) is 23.9 Å². The number of carbonyl (C=O) groups is 1. The SMILES string of the molecule is C[C@@H]1CN(C(=O)CCS(=O)(=O)c2ccc3c(c2)OCCCO3)C[C@@H](C)N1. The first-order valence-corrected chi connectivity index (χ1v) is 10.7. The van der Waals surface area contributed by atoms with E-state index in [2.05, 4.69) is 5.32 Å². The van der Waals surface area contributed by atoms with E-state index < -0.39 is 9.84 Å². The highest BCUT2D eigenvalue weighted by Crippen LogP contribution is 2.32. The normalized spacial score (nSPS) is 23.4. The van der Waals surface area contributed by atoms with Gasteiger partial charge in [-0.05, 0) is 26.0 Å². The molecule has 0 saturated carbocycles. The molecule has 7 nitrogen and oxygen atoms in total. The minimum Gasteiger partial charge on any atom is -0.490 e. The lowest BCUT2D eigenvalue weighted by Crippen LogP contribution is -2.56. The van der Waals surface area contributed by atoms with Crippen molar-refractivity contribution in [1.29, 1.82) is 0 Å². The number of hydrogen-bond acceptors (Lipinski definition) is 6. The number of sulfone groups is 1. The summed E-state index contributed by atoms with van der Waals surface area (Å²) in [6.45, 7) is 6.29. The third kappa shape index (κ3) is 4.48. The minimum absolute atomic E-state index is 0.0176. The van der Waals surface area contributed by atoms with Gasteiger partial charge in [-0.15, -0.1) is 0 Å². The molecular formula is C18H26N2O5S. The molecule has 1 fully saturated rings. The fraction of sp³-hybridized carbons (Fsp3) is 0.611. The van der Waals surface area contributed by atoms with Gasteiger partial charge in [0.15, 0.2) is 21.3 Å². The Morgan fingerprint density at radius 2 is 1.81 bits per heavy atom. The van der Waals surface area contributed by atoms with Gasteiger partial charge >= 0.3 is 0 Å². The topological polar surface area (TPSA) is 84.9 Å². The number of nitrogens with zero attached hydrogens (tertiary/aromatic N) is 1. The molecule has 1 saturated heterocycles. The van der Waals surface area contributed by atoms with Crippen molar-refractivity contribution < 1.29 is 22.7 Å². The molecule has 2 aliphatic heterocycles. The maximum absolute atomic E-state index is 12.6. The molecule has 0 unspecified atom stereocenters. The Morgan fingerprint density at radius 3 is 2.50 bits per heavy atom. The molecule has 26 heavy (non-hydrogen) atoms. The Bertz CT molecular complexity index is 755. The lowest BCUT2D eigenvalue weighted by molar-refractivity contribution is -0.132. The van der Waals surface area contributed by atoms with Crippen LogP contribution in [0.5, 0.6) is 11.5 Å². The molecule has 3 rings (SSSR count). The van der Waals surface area contributed by atoms with Crippen molar-refractivity contribution in [2.45, 2.75) is 43.7 Å². The number of ether oxygens (including phenoxy) is 2. The van der Waals surface area contributed by atoms with Crippen LogP contribution in [0.3, 0.4) is 0 Å². The molecule has 2 atom stereocenters. The predicted molar refractivity (Wildman–Crippen MR) is 97.4 cm³/mol. The van der Waals surface area contributed by atoms with Crippen LogP contribution in [0.25, 0.3) is 0 Å². The Morgan fingerprint density at radius 1 is 1.15 bits per heavy atom. The minimum atomic E-state index is -3.57. The summed E-state index contributed by atoms with van der Waals surface area (Å²) in [6.07, 6.45) is 0.739. The first-order valence-electron chi connectivity index (χ1n) is 9.01. The molecule has 0 radical (unpaired) electrons. The first kappa shape index (κ1) is 19.0. The standard InChI is InChI=1S/C18H26N2O5S/c1-13-11-20(12-14(2)19-13)18(21)6-9-26(22,23)15-4-5-16-17(10-15)25-8-3-7-24-16/h4-5,10,13-14,19H,3,6-9,11-12H2,1-2H3/t13-,14-/m1/s1. The lowest BCUT2D eigenvalue weighted by Gasteiger charge is -2.36. The van der Waals surface area contributed by atoms with E-state index in [1.807, 2.05) is 13.8 Å². The van der Waals surface area contributed by atoms with E-state index in [-0.39, 0.29) is 35.1 Å². The van der Waals surface area contributed by atoms with Gasteiger partial charge in [-0.25, -0.2) is 8.42 Å². The Kier molecular flexibility index (Phi) is 5.72. The van der Waals surface area contributed by atoms with Crippen LogP contribution in [-0.2, 0) is 14.6 Å². The second kappa shape index (κ2) is 7.84. The van der Waals surface area contributed by atoms with Crippen LogP contribution in [0.15, 0.2) is 23.1 Å². The smallest absolute Gasteiger partial charge is 0.223 e. The van der Waals surface area contributed by atoms with Gasteiger partial charge in [-0.1, -0.05) is 0 Å². The molecule has 1 N–H and O–H groups in total. The monoisotopic (exact) mass is 382 g/mol. The third-order valence-corrected chi connectivity index (χ3v) is 6.29. The first-order chi connectivity index (χ1) is 12.3. The fourth-order valence-corrected chi connectivity index (χ4v) is 4.61. The molecule has 1 aromatic carbocycles. The third-order valence-electron chi connectivity index (χ3n) is 4.57. The van der Waals surface area contributed by atoms with E-state index in [1.54, 1.807) is 11.0 Å². The summed E-state index contributed by atoms with van der Waals surface area (Å²) in [6, 6.07) is 5.05. The summed E-state index contributed by atoms with van der Waals surface area (Å²) in [5, 5.41) is 3.36. The molecule has 1 amide bonds. The molecule has 0 aliphatic carbocycles. The lowest BCUT2D eigenvalue weighted by atomic mass is 10.1. The maximum atomic E-state index is 12.6. The average Bonchev–Trinajstić information content (AvgIpc) is 2.83. The van der Waals surface area contributed by atoms with Gasteiger partial charge in [0.25, 0.3) is 0 Å². The second-order valence-corrected chi connectivity index (χ2v) is 9.10. The van der Waals surface area contributed by atoms with Gasteiger partial charge in [0, 0.05) is 44.1 Å². The van der Waals surface area contributed by atoms with Crippen molar-refractivity contribution in [3.05, 3.63) is 18.2 Å². The zero-order valence-corrected chi connectivity index (χ0v) is 16.0. The fourth-order valence-electron chi connectivity index (χ4n) is 3.37. The van der Waals surface area contributed by atoms with E-state index in [4.69, 9.17) is 9.47 Å². The van der Waals surface area contributed by atoms with Crippen LogP contribution in [0.4, 0.5) is 0 Å². The van der Waals surface area contributed by atoms with E-state index in [0.29, 0.717) is 37.8 Å². The Hall–Kier alpha value is -1.80. The van der Waals surface area contributed by atoms with Crippen LogP contribution in [-0.4, -0.2) is 63.4 Å². The molecule has 2 heterocycles. The number of hydrogen-bond donors (Lipinski definition) is 1. The van der Waals surface area contributed by atoms with Crippen LogP contribution >= 0.6 is 0 Å². The van der Waals surface area contributed by atoms with E-state index >= 15 is 0 Å². The molecule has 0 aromatic heterocycles. The predicted octanol–water partition coefficient (Wildman–Crippen LogP) is 1.22. The van der Waals surface area contributed by atoms with Crippen LogP contribution in [0, 0.1) is 0 Å². The van der Waals surface area contributed by atoms with Crippen LogP contribution in [0.2, 0.25) is 0 Å². The number of fused-ring (bicyclic) bond motifs is 1. The molecule has 2 aliphatic rings. The summed E-state index contributed by atoms with van der Waals surface area (Å²) < 4.78 is 36.4. The zero-order chi connectivity index (χ0) is 18.7. The van der Waals surface area contributed by atoms with Crippen molar-refractivity contribution in [3.8, 4) is 11.5 Å². The summed E-state index contributed by atoms with van der Waals surface area (Å²) in [4.78, 5) is 14.3. The second-order valence-electron chi connectivity index (χ2n) is 7.00. The average molecular weight is 382 g/mol. The highest BCUT2D eigenvalue weighted by Gasteiger charge is 2.26.